The van der Waals surface area contributed by atoms with Gasteiger partial charge in [-0.25, -0.2) is 6.57 Å². The number of hydrogen-bond donors (Lipinski definition) is 0. The zero-order chi connectivity index (χ0) is 54.9. The molecule has 3 rings (SSSR count). The number of nitriles is 2. The van der Waals surface area contributed by atoms with Crippen LogP contribution in [0.15, 0.2) is 101 Å². The molecule has 3 unspecified atom stereocenters. The van der Waals surface area contributed by atoms with Crippen molar-refractivity contribution in [3.63, 3.8) is 0 Å². The maximum absolute atomic E-state index is 12.1. The van der Waals surface area contributed by atoms with Crippen molar-refractivity contribution >= 4 is 134 Å². The van der Waals surface area contributed by atoms with Crippen LogP contribution in [0.1, 0.15) is 135 Å². The molecule has 0 radical (unpaired) electrons. The topological polar surface area (TPSA) is 156 Å². The van der Waals surface area contributed by atoms with Crippen LogP contribution in [0.5, 0.6) is 0 Å². The molecule has 0 N–H and O–H groups in total. The van der Waals surface area contributed by atoms with Gasteiger partial charge in [-0.05, 0) is 101 Å². The van der Waals surface area contributed by atoms with Crippen LogP contribution in [0.4, 0.5) is 0 Å². The molecule has 0 spiro atoms. The first kappa shape index (κ1) is 68.5. The first-order valence-corrected chi connectivity index (χ1v) is 31.4. The molecule has 3 aromatic rings. The maximum atomic E-state index is 12.1. The van der Waals surface area contributed by atoms with Crippen molar-refractivity contribution in [3.8, 4) is 12.1 Å². The molecule has 74 heavy (non-hydrogen) atoms. The fraction of sp³-hybridized carbons (Fsp3) is 0.500. The summed E-state index contributed by atoms with van der Waals surface area (Å²) in [5, 5.41) is 27.1. The van der Waals surface area contributed by atoms with Gasteiger partial charge in [0.15, 0.2) is 5.54 Å². The summed E-state index contributed by atoms with van der Waals surface area (Å²) in [6, 6.07) is 32.5. The second-order valence-corrected chi connectivity index (χ2v) is 27.4. The van der Waals surface area contributed by atoms with Gasteiger partial charge in [-0.1, -0.05) is 179 Å². The third-order valence-corrected chi connectivity index (χ3v) is 19.6. The smallest absolute Gasteiger partial charge is 0.338 e. The highest BCUT2D eigenvalue weighted by Crippen LogP contribution is 2.36. The first-order valence-electron chi connectivity index (χ1n) is 24.2. The van der Waals surface area contributed by atoms with E-state index < -0.39 is 27.9 Å². The maximum Gasteiger partial charge on any atom is 0.338 e. The summed E-state index contributed by atoms with van der Waals surface area (Å²) < 4.78 is 17.8. The van der Waals surface area contributed by atoms with E-state index >= 15 is 0 Å². The summed E-state index contributed by atoms with van der Waals surface area (Å²) in [4.78, 5) is 39.5. The molecule has 0 amide bonds. The van der Waals surface area contributed by atoms with Gasteiger partial charge in [-0.15, -0.1) is 40.4 Å². The molecule has 3 atom stereocenters. The lowest BCUT2D eigenvalue weighted by atomic mass is 9.99. The number of unbranched alkanes of at least 4 members (excludes halogenated alkanes) is 3. The lowest BCUT2D eigenvalue weighted by molar-refractivity contribution is -0.146. The Bertz CT molecular complexity index is 2190. The normalized spacial score (nSPS) is 13.0. The Hall–Kier alpha value is -3.49. The number of nitrogens with zero attached hydrogens (tertiary/aromatic N) is 5. The van der Waals surface area contributed by atoms with Crippen LogP contribution in [0.2, 0.25) is 0 Å². The van der Waals surface area contributed by atoms with E-state index in [0.29, 0.717) is 6.42 Å². The van der Waals surface area contributed by atoms with E-state index in [4.69, 9.17) is 57.4 Å². The Morgan fingerprint density at radius 3 is 1.28 bits per heavy atom. The molecule has 0 aromatic heterocycles. The number of benzene rings is 3. The molecule has 0 saturated heterocycles. The summed E-state index contributed by atoms with van der Waals surface area (Å²) in [6.45, 7) is 19.5. The van der Waals surface area contributed by atoms with Crippen molar-refractivity contribution in [2.45, 2.75) is 154 Å². The van der Waals surface area contributed by atoms with Crippen LogP contribution < -0.4 is 0 Å². The van der Waals surface area contributed by atoms with E-state index in [9.17, 15) is 24.9 Å². The molecule has 400 valence electrons. The molecule has 11 nitrogen and oxygen atoms in total. The van der Waals surface area contributed by atoms with Gasteiger partial charge in [0.2, 0.25) is 0 Å². The number of thioether (sulfide) groups is 4. The molecule has 0 heterocycles. The summed E-state index contributed by atoms with van der Waals surface area (Å²) >= 11 is 22.4. The van der Waals surface area contributed by atoms with Gasteiger partial charge >= 0.3 is 23.6 Å². The predicted octanol–water partition coefficient (Wildman–Crippen LogP) is 16.8. The Morgan fingerprint density at radius 1 is 0.568 bits per heavy atom. The molecular weight excluding hydrogens is 1100 g/mol. The number of ether oxygens (including phenoxy) is 3. The van der Waals surface area contributed by atoms with Crippen LogP contribution >= 0.6 is 105 Å². The second-order valence-electron chi connectivity index (χ2n) is 16.8. The highest BCUT2D eigenvalue weighted by atomic mass is 33.1. The van der Waals surface area contributed by atoms with E-state index in [1.807, 2.05) is 104 Å². The van der Waals surface area contributed by atoms with Crippen LogP contribution in [0.25, 0.3) is 4.85 Å². The molecule has 0 fully saturated rings. The number of hydrogen-bond acceptors (Lipinski definition) is 19. The molecule has 0 saturated carbocycles. The number of rotatable bonds is 27. The monoisotopic (exact) mass is 1170 g/mol. The highest BCUT2D eigenvalue weighted by Gasteiger charge is 2.34. The molecule has 0 bridgehead atoms. The average molecular weight is 1170 g/mol. The number of thiocarbonyl (C=S) groups is 3. The molecule has 0 aliphatic carbocycles. The summed E-state index contributed by atoms with van der Waals surface area (Å²) in [7, 11) is 3.28. The predicted molar refractivity (Wildman–Crippen MR) is 327 cm³/mol. The summed E-state index contributed by atoms with van der Waals surface area (Å²) in [5.74, 6) is 2.07. The number of esters is 3. The summed E-state index contributed by atoms with van der Waals surface area (Å²) in [5.41, 5.74) is 0.0736. The Balaban J connectivity index is 0.000000597. The standard InChI is InChI=1S/C26H28N4O4.C18H23NO2S3.C10H18S6/c1-25(20-27,16-14-23(31)33-18-21-10-6-4-7-11-21)29-30-26(2,28-3)17-15-24(32)34-19-22-12-8-5-9-13-22;1-3-4-12-23-17(22)24-18(2,14-19)11-10-16(20)21-13-15-8-6-5-7-9-15;1-3-5-7-13-9(11)15-16-10(12)14-8-6-4-2/h4-13H,14-19H2,1-2H3;5-9H,3-4,10-13H2,1-2H3;3-8H2,1-2H3. The van der Waals surface area contributed by atoms with Gasteiger partial charge in [-0.3, -0.25) is 19.2 Å². The van der Waals surface area contributed by atoms with Crippen LogP contribution in [0.3, 0.4) is 0 Å². The van der Waals surface area contributed by atoms with E-state index in [2.05, 4.69) is 41.9 Å². The van der Waals surface area contributed by atoms with Gasteiger partial charge < -0.3 is 14.2 Å². The third-order valence-electron chi connectivity index (χ3n) is 10.00. The quantitative estimate of drug-likeness (QED) is 0.0135. The largest absolute Gasteiger partial charge is 0.461 e. The van der Waals surface area contributed by atoms with Crippen molar-refractivity contribution in [3.05, 3.63) is 119 Å². The number of carbonyl (C=O) groups is 3. The van der Waals surface area contributed by atoms with Crippen LogP contribution in [-0.2, 0) is 48.4 Å². The van der Waals surface area contributed by atoms with Crippen LogP contribution in [-0.4, -0.2) is 61.7 Å². The van der Waals surface area contributed by atoms with Crippen molar-refractivity contribution in [2.75, 3.05) is 17.3 Å². The van der Waals surface area contributed by atoms with Crippen molar-refractivity contribution < 1.29 is 28.6 Å². The van der Waals surface area contributed by atoms with Gasteiger partial charge in [0.1, 0.15) is 35.2 Å². The molecule has 3 aromatic carbocycles. The van der Waals surface area contributed by atoms with E-state index in [0.717, 1.165) is 57.4 Å². The minimum atomic E-state index is -1.32. The zero-order valence-electron chi connectivity index (χ0n) is 43.2. The zero-order valence-corrected chi connectivity index (χ0v) is 50.6. The molecule has 0 aliphatic heterocycles. The first-order chi connectivity index (χ1) is 35.5. The number of azo groups is 1. The fourth-order valence-corrected chi connectivity index (χ4v) is 13.6. The Labute approximate surface area is 482 Å². The van der Waals surface area contributed by atoms with Gasteiger partial charge in [0.25, 0.3) is 0 Å². The Kier molecular flexibility index (Phi) is 38.6. The summed E-state index contributed by atoms with van der Waals surface area (Å²) in [6.07, 6.45) is 7.99. The number of carbonyl (C=O) groups excluding carboxylic acids is 3. The van der Waals surface area contributed by atoms with Gasteiger partial charge in [-0.2, -0.15) is 15.6 Å². The average Bonchev–Trinajstić information content (AvgIpc) is 3.42. The molecular formula is C54H69N5O6S9. The van der Waals surface area contributed by atoms with Gasteiger partial charge in [0, 0.05) is 19.8 Å². The second kappa shape index (κ2) is 41.6. The van der Waals surface area contributed by atoms with Crippen LogP contribution in [0, 0.1) is 29.2 Å². The fourth-order valence-electron chi connectivity index (χ4n) is 5.29. The van der Waals surface area contributed by atoms with Crippen molar-refractivity contribution in [2.24, 2.45) is 10.2 Å². The lowest BCUT2D eigenvalue weighted by Crippen LogP contribution is -2.24. The minimum absolute atomic E-state index is 0.0141. The van der Waals surface area contributed by atoms with Gasteiger partial charge in [0.05, 0.1) is 25.0 Å². The Morgan fingerprint density at radius 2 is 0.932 bits per heavy atom. The van der Waals surface area contributed by atoms with E-state index in [1.165, 1.54) is 37.4 Å². The third kappa shape index (κ3) is 35.0. The lowest BCUT2D eigenvalue weighted by Gasteiger charge is -2.20. The highest BCUT2D eigenvalue weighted by molar-refractivity contribution is 8.96. The molecule has 20 heteroatoms. The van der Waals surface area contributed by atoms with Crippen molar-refractivity contribution in [1.82, 2.24) is 0 Å². The van der Waals surface area contributed by atoms with E-state index in [1.54, 1.807) is 70.7 Å². The molecule has 0 aliphatic rings. The SMILES string of the molecule is CCCCSC(=S)SC(C)(C#N)CCC(=O)OCc1ccccc1.CCCCSC(=S)SSC(=S)SCCCC.[C-]#[N+]C(C)(CCC(=O)OCc1ccccc1)N=NC(C)(C#N)CCC(=O)OCc1ccccc1. The minimum Gasteiger partial charge on any atom is -0.461 e. The van der Waals surface area contributed by atoms with Crippen molar-refractivity contribution in [1.29, 1.82) is 10.5 Å². The van der Waals surface area contributed by atoms with E-state index in [-0.39, 0.29) is 57.9 Å².